The number of nitrogens with zero attached hydrogens (tertiary/aromatic N) is 1. The van der Waals surface area contributed by atoms with E-state index in [1.54, 1.807) is 6.20 Å². The molecule has 0 bridgehead atoms. The lowest BCUT2D eigenvalue weighted by molar-refractivity contribution is 1.28. The van der Waals surface area contributed by atoms with Crippen molar-refractivity contribution in [3.05, 3.63) is 77.5 Å². The van der Waals surface area contributed by atoms with Gasteiger partial charge in [-0.25, -0.2) is 4.98 Å². The Bertz CT molecular complexity index is 960. The van der Waals surface area contributed by atoms with E-state index in [1.165, 1.54) is 27.1 Å². The van der Waals surface area contributed by atoms with Crippen LogP contribution in [0.3, 0.4) is 0 Å². The van der Waals surface area contributed by atoms with Crippen molar-refractivity contribution in [2.45, 2.75) is 0 Å². The summed E-state index contributed by atoms with van der Waals surface area (Å²) < 4.78 is 0.880. The smallest absolute Gasteiger partial charge is 0.113 e. The van der Waals surface area contributed by atoms with E-state index in [9.17, 15) is 0 Å². The van der Waals surface area contributed by atoms with Crippen LogP contribution in [-0.2, 0) is 0 Å². The molecule has 0 aliphatic heterocycles. The van der Waals surface area contributed by atoms with Gasteiger partial charge in [-0.05, 0) is 61.2 Å². The first-order valence-electron chi connectivity index (χ1n) is 6.85. The maximum absolute atomic E-state index is 4.34. The number of hydrogen-bond donors (Lipinski definition) is 0. The van der Waals surface area contributed by atoms with Gasteiger partial charge >= 0.3 is 0 Å². The maximum atomic E-state index is 4.34. The number of hydrogen-bond acceptors (Lipinski definition) is 1. The van der Waals surface area contributed by atoms with E-state index in [0.717, 1.165) is 10.2 Å². The molecule has 0 radical (unpaired) electrons. The van der Waals surface area contributed by atoms with E-state index in [0.29, 0.717) is 0 Å². The highest BCUT2D eigenvalue weighted by atomic mass is 79.9. The summed E-state index contributed by atoms with van der Waals surface area (Å²) in [6.07, 6.45) is 1.80. The second-order valence-electron chi connectivity index (χ2n) is 5.07. The van der Waals surface area contributed by atoms with Crippen molar-refractivity contribution in [3.8, 4) is 11.1 Å². The third-order valence-electron chi connectivity index (χ3n) is 3.80. The maximum Gasteiger partial charge on any atom is 0.113 e. The monoisotopic (exact) mass is 333 g/mol. The molecule has 0 fully saturated rings. The zero-order valence-corrected chi connectivity index (χ0v) is 12.8. The first-order valence-corrected chi connectivity index (χ1v) is 7.65. The van der Waals surface area contributed by atoms with Gasteiger partial charge < -0.3 is 0 Å². The molecule has 2 heteroatoms. The molecule has 1 heterocycles. The van der Waals surface area contributed by atoms with Gasteiger partial charge in [-0.2, -0.15) is 0 Å². The predicted molar refractivity (Wildman–Crippen MR) is 92.4 cm³/mol. The quantitative estimate of drug-likeness (QED) is 0.316. The largest absolute Gasteiger partial charge is 0.249 e. The minimum Gasteiger partial charge on any atom is -0.249 e. The summed E-state index contributed by atoms with van der Waals surface area (Å²) in [5, 5.41) is 5.04. The molecule has 4 rings (SSSR count). The van der Waals surface area contributed by atoms with E-state index in [-0.39, 0.29) is 0 Å². The predicted octanol–water partition coefficient (Wildman–Crippen LogP) is 5.82. The van der Waals surface area contributed by atoms with Crippen molar-refractivity contribution in [1.82, 2.24) is 4.98 Å². The molecule has 0 amide bonds. The van der Waals surface area contributed by atoms with Gasteiger partial charge in [-0.15, -0.1) is 0 Å². The molecule has 0 saturated carbocycles. The average Bonchev–Trinajstić information content (AvgIpc) is 2.53. The van der Waals surface area contributed by atoms with Crippen molar-refractivity contribution in [2.24, 2.45) is 0 Å². The number of pyridine rings is 1. The zero-order valence-electron chi connectivity index (χ0n) is 11.3. The molecule has 0 N–H and O–H groups in total. The Morgan fingerprint density at radius 2 is 1.38 bits per heavy atom. The summed E-state index contributed by atoms with van der Waals surface area (Å²) in [5.74, 6) is 0. The minimum absolute atomic E-state index is 0.880. The van der Waals surface area contributed by atoms with E-state index < -0.39 is 0 Å². The highest BCUT2D eigenvalue weighted by Gasteiger charge is 2.08. The topological polar surface area (TPSA) is 12.9 Å². The van der Waals surface area contributed by atoms with Gasteiger partial charge in [0.25, 0.3) is 0 Å². The van der Waals surface area contributed by atoms with Gasteiger partial charge in [0.1, 0.15) is 4.60 Å². The summed E-state index contributed by atoms with van der Waals surface area (Å²) in [4.78, 5) is 4.34. The van der Waals surface area contributed by atoms with Crippen LogP contribution in [0.4, 0.5) is 0 Å². The third kappa shape index (κ3) is 2.12. The summed E-state index contributed by atoms with van der Waals surface area (Å²) in [7, 11) is 0. The Hall–Kier alpha value is -2.19. The van der Waals surface area contributed by atoms with Crippen molar-refractivity contribution < 1.29 is 0 Å². The minimum atomic E-state index is 0.880. The Morgan fingerprint density at radius 1 is 0.667 bits per heavy atom. The highest BCUT2D eigenvalue weighted by Crippen LogP contribution is 2.34. The fourth-order valence-corrected chi connectivity index (χ4v) is 3.25. The molecule has 1 aromatic heterocycles. The summed E-state index contributed by atoms with van der Waals surface area (Å²) in [5.41, 5.74) is 2.33. The molecule has 1 nitrogen and oxygen atoms in total. The molecular weight excluding hydrogens is 322 g/mol. The van der Waals surface area contributed by atoms with Gasteiger partial charge in [0, 0.05) is 11.8 Å². The van der Waals surface area contributed by atoms with Gasteiger partial charge in [0.05, 0.1) is 0 Å². The lowest BCUT2D eigenvalue weighted by Gasteiger charge is -2.09. The van der Waals surface area contributed by atoms with Crippen LogP contribution in [0.5, 0.6) is 0 Å². The van der Waals surface area contributed by atoms with Gasteiger partial charge in [-0.1, -0.05) is 48.5 Å². The van der Waals surface area contributed by atoms with E-state index in [2.05, 4.69) is 81.6 Å². The van der Waals surface area contributed by atoms with Crippen molar-refractivity contribution in [2.75, 3.05) is 0 Å². The Labute approximate surface area is 131 Å². The second kappa shape index (κ2) is 4.97. The summed E-state index contributed by atoms with van der Waals surface area (Å²) in [6, 6.07) is 23.5. The highest BCUT2D eigenvalue weighted by molar-refractivity contribution is 9.10. The summed E-state index contributed by atoms with van der Waals surface area (Å²) >= 11 is 3.56. The normalized spacial score (nSPS) is 11.1. The molecule has 3 aromatic carbocycles. The molecular formula is C19H12BrN. The lowest BCUT2D eigenvalue weighted by Crippen LogP contribution is -1.85. The van der Waals surface area contributed by atoms with Crippen LogP contribution >= 0.6 is 15.9 Å². The van der Waals surface area contributed by atoms with Crippen LogP contribution in [0.2, 0.25) is 0 Å². The first-order chi connectivity index (χ1) is 10.3. The first kappa shape index (κ1) is 12.5. The van der Waals surface area contributed by atoms with Crippen molar-refractivity contribution in [1.29, 1.82) is 0 Å². The number of halogens is 1. The zero-order chi connectivity index (χ0) is 14.2. The fourth-order valence-electron chi connectivity index (χ4n) is 2.79. The van der Waals surface area contributed by atoms with E-state index in [4.69, 9.17) is 0 Å². The van der Waals surface area contributed by atoms with E-state index in [1.807, 2.05) is 6.07 Å². The van der Waals surface area contributed by atoms with Gasteiger partial charge in [-0.3, -0.25) is 0 Å². The fraction of sp³-hybridized carbons (Fsp3) is 0. The van der Waals surface area contributed by atoms with Crippen LogP contribution < -0.4 is 0 Å². The van der Waals surface area contributed by atoms with Crippen molar-refractivity contribution >= 4 is 37.5 Å². The molecule has 4 aromatic rings. The molecule has 0 aliphatic carbocycles. The second-order valence-corrected chi connectivity index (χ2v) is 5.82. The molecule has 0 unspecified atom stereocenters. The average molecular weight is 334 g/mol. The van der Waals surface area contributed by atoms with Crippen LogP contribution in [0.15, 0.2) is 77.5 Å². The van der Waals surface area contributed by atoms with Crippen LogP contribution in [-0.4, -0.2) is 4.98 Å². The SMILES string of the molecule is Brc1ncccc1-c1cccc2cc3ccccc3cc12. The standard InChI is InChI=1S/C19H12BrN/c20-19-17(9-4-10-21-19)16-8-3-7-15-11-13-5-1-2-6-14(13)12-18(15)16/h1-12H. The van der Waals surface area contributed by atoms with Crippen molar-refractivity contribution in [3.63, 3.8) is 0 Å². The number of fused-ring (bicyclic) bond motifs is 2. The number of aromatic nitrogens is 1. The van der Waals surface area contributed by atoms with Gasteiger partial charge in [0.15, 0.2) is 0 Å². The van der Waals surface area contributed by atoms with Crippen LogP contribution in [0.25, 0.3) is 32.7 Å². The molecule has 100 valence electrons. The number of rotatable bonds is 1. The molecule has 0 saturated heterocycles. The number of benzene rings is 3. The lowest BCUT2D eigenvalue weighted by atomic mass is 9.96. The molecule has 0 aliphatic rings. The molecule has 0 atom stereocenters. The van der Waals surface area contributed by atoms with Crippen LogP contribution in [0, 0.1) is 0 Å². The molecule has 0 spiro atoms. The van der Waals surface area contributed by atoms with Crippen LogP contribution in [0.1, 0.15) is 0 Å². The Morgan fingerprint density at radius 3 is 2.19 bits per heavy atom. The Balaban J connectivity index is 2.10. The molecule has 21 heavy (non-hydrogen) atoms. The third-order valence-corrected chi connectivity index (χ3v) is 4.43. The Kier molecular flexibility index (Phi) is 2.97. The van der Waals surface area contributed by atoms with E-state index >= 15 is 0 Å². The van der Waals surface area contributed by atoms with Gasteiger partial charge in [0.2, 0.25) is 0 Å². The summed E-state index contributed by atoms with van der Waals surface area (Å²) in [6.45, 7) is 0.